The van der Waals surface area contributed by atoms with Crippen LogP contribution in [-0.4, -0.2) is 40.0 Å². The van der Waals surface area contributed by atoms with Crippen LogP contribution in [0.5, 0.6) is 0 Å². The largest absolute Gasteiger partial charge is 0.481 e. The molecule has 0 bridgehead atoms. The second kappa shape index (κ2) is 5.87. The Labute approximate surface area is 124 Å². The van der Waals surface area contributed by atoms with Crippen LogP contribution in [0.3, 0.4) is 0 Å². The van der Waals surface area contributed by atoms with E-state index in [4.69, 9.17) is 4.42 Å². The number of aryl methyl sites for hydroxylation is 2. The van der Waals surface area contributed by atoms with Crippen molar-refractivity contribution in [2.75, 3.05) is 13.1 Å². The fourth-order valence-corrected chi connectivity index (χ4v) is 3.06. The van der Waals surface area contributed by atoms with E-state index in [2.05, 4.69) is 4.98 Å². The summed E-state index contributed by atoms with van der Waals surface area (Å²) >= 11 is 0. The van der Waals surface area contributed by atoms with Crippen LogP contribution in [0.2, 0.25) is 0 Å². The fraction of sp³-hybridized carbons (Fsp3) is 0.667. The van der Waals surface area contributed by atoms with E-state index < -0.39 is 11.4 Å². The molecule has 1 aliphatic heterocycles. The summed E-state index contributed by atoms with van der Waals surface area (Å²) in [6.07, 6.45) is 2.48. The van der Waals surface area contributed by atoms with Crippen LogP contribution < -0.4 is 0 Å². The zero-order valence-corrected chi connectivity index (χ0v) is 12.8. The molecule has 0 unspecified atom stereocenters. The molecule has 2 heterocycles. The Morgan fingerprint density at radius 2 is 1.95 bits per heavy atom. The lowest BCUT2D eigenvalue weighted by molar-refractivity contribution is -0.152. The van der Waals surface area contributed by atoms with Gasteiger partial charge in [-0.25, -0.2) is 4.98 Å². The Balaban J connectivity index is 2.08. The van der Waals surface area contributed by atoms with Crippen molar-refractivity contribution in [2.45, 2.75) is 46.5 Å². The molecule has 1 aliphatic rings. The highest BCUT2D eigenvalue weighted by molar-refractivity contribution is 5.92. The number of carboxylic acids is 1. The fourth-order valence-electron chi connectivity index (χ4n) is 3.06. The van der Waals surface area contributed by atoms with Gasteiger partial charge in [-0.2, -0.15) is 0 Å². The first-order valence-electron chi connectivity index (χ1n) is 7.36. The van der Waals surface area contributed by atoms with Gasteiger partial charge in [0.2, 0.25) is 5.76 Å². The van der Waals surface area contributed by atoms with Crippen LogP contribution in [0.4, 0.5) is 0 Å². The van der Waals surface area contributed by atoms with Gasteiger partial charge in [-0.1, -0.05) is 13.3 Å². The minimum absolute atomic E-state index is 0.191. The van der Waals surface area contributed by atoms with Crippen molar-refractivity contribution in [3.63, 3.8) is 0 Å². The van der Waals surface area contributed by atoms with Crippen molar-refractivity contribution in [3.8, 4) is 0 Å². The van der Waals surface area contributed by atoms with Crippen molar-refractivity contribution in [3.05, 3.63) is 17.3 Å². The van der Waals surface area contributed by atoms with Crippen LogP contribution in [-0.2, 0) is 4.79 Å². The Morgan fingerprint density at radius 3 is 2.38 bits per heavy atom. The predicted octanol–water partition coefficient (Wildman–Crippen LogP) is 2.40. The molecular formula is C15H22N2O4. The molecular weight excluding hydrogens is 272 g/mol. The van der Waals surface area contributed by atoms with Gasteiger partial charge in [0.15, 0.2) is 5.89 Å². The number of rotatable bonds is 4. The van der Waals surface area contributed by atoms with E-state index in [1.807, 2.05) is 6.92 Å². The first kappa shape index (κ1) is 15.5. The Kier molecular flexibility index (Phi) is 4.34. The Hall–Kier alpha value is -1.85. The number of aliphatic carboxylic acids is 1. The maximum absolute atomic E-state index is 12.4. The third-order valence-electron chi connectivity index (χ3n) is 4.29. The summed E-state index contributed by atoms with van der Waals surface area (Å²) in [6.45, 7) is 6.33. The summed E-state index contributed by atoms with van der Waals surface area (Å²) in [5.74, 6) is -0.198. The van der Waals surface area contributed by atoms with Gasteiger partial charge < -0.3 is 14.4 Å². The standard InChI is InChI=1S/C15H22N2O4/c1-4-5-15(14(19)20)6-8-17(9-7-15)13(18)12-10(2)16-11(3)21-12/h4-9H2,1-3H3,(H,19,20). The highest BCUT2D eigenvalue weighted by atomic mass is 16.4. The number of likely N-dealkylation sites (tertiary alicyclic amines) is 1. The number of nitrogens with zero attached hydrogens (tertiary/aromatic N) is 2. The Morgan fingerprint density at radius 1 is 1.33 bits per heavy atom. The lowest BCUT2D eigenvalue weighted by Crippen LogP contribution is -2.46. The molecule has 6 nitrogen and oxygen atoms in total. The van der Waals surface area contributed by atoms with Gasteiger partial charge in [-0.15, -0.1) is 0 Å². The molecule has 0 spiro atoms. The van der Waals surface area contributed by atoms with E-state index in [0.717, 1.165) is 6.42 Å². The van der Waals surface area contributed by atoms with Crippen LogP contribution in [0.25, 0.3) is 0 Å². The van der Waals surface area contributed by atoms with E-state index in [-0.39, 0.29) is 11.7 Å². The number of oxazole rings is 1. The highest BCUT2D eigenvalue weighted by Gasteiger charge is 2.42. The molecule has 1 aromatic rings. The minimum atomic E-state index is -0.747. The molecule has 2 rings (SSSR count). The summed E-state index contributed by atoms with van der Waals surface area (Å²) < 4.78 is 5.36. The number of carboxylic acid groups (broad SMARTS) is 1. The molecule has 0 atom stereocenters. The number of amides is 1. The molecule has 6 heteroatoms. The van der Waals surface area contributed by atoms with Crippen molar-refractivity contribution < 1.29 is 19.1 Å². The van der Waals surface area contributed by atoms with Gasteiger partial charge >= 0.3 is 5.97 Å². The lowest BCUT2D eigenvalue weighted by atomic mass is 9.75. The van der Waals surface area contributed by atoms with Crippen LogP contribution in [0.15, 0.2) is 4.42 Å². The van der Waals surface area contributed by atoms with Crippen LogP contribution in [0.1, 0.15) is 54.7 Å². The van der Waals surface area contributed by atoms with E-state index >= 15 is 0 Å². The number of hydrogen-bond donors (Lipinski definition) is 1. The van der Waals surface area contributed by atoms with Crippen molar-refractivity contribution in [1.29, 1.82) is 0 Å². The first-order valence-corrected chi connectivity index (χ1v) is 7.36. The van der Waals surface area contributed by atoms with Crippen molar-refractivity contribution in [1.82, 2.24) is 9.88 Å². The molecule has 0 aliphatic carbocycles. The predicted molar refractivity (Wildman–Crippen MR) is 76.1 cm³/mol. The van der Waals surface area contributed by atoms with Crippen LogP contribution in [0, 0.1) is 19.3 Å². The van der Waals surface area contributed by atoms with Gasteiger partial charge in [-0.05, 0) is 26.2 Å². The van der Waals surface area contributed by atoms with E-state index in [0.29, 0.717) is 43.9 Å². The number of aromatic nitrogens is 1. The van der Waals surface area contributed by atoms with Crippen LogP contribution >= 0.6 is 0 Å². The van der Waals surface area contributed by atoms with E-state index in [1.54, 1.807) is 18.7 Å². The van der Waals surface area contributed by atoms with Crippen molar-refractivity contribution in [2.24, 2.45) is 5.41 Å². The third-order valence-corrected chi connectivity index (χ3v) is 4.29. The summed E-state index contributed by atoms with van der Waals surface area (Å²) in [6, 6.07) is 0. The monoisotopic (exact) mass is 294 g/mol. The average Bonchev–Trinajstić information content (AvgIpc) is 2.78. The quantitative estimate of drug-likeness (QED) is 0.921. The zero-order chi connectivity index (χ0) is 15.6. The molecule has 1 aromatic heterocycles. The number of carbonyl (C=O) groups excluding carboxylic acids is 1. The summed E-state index contributed by atoms with van der Waals surface area (Å²) in [5.41, 5.74) is -0.0983. The molecule has 1 N–H and O–H groups in total. The molecule has 1 amide bonds. The molecule has 0 saturated carbocycles. The Bertz CT molecular complexity index is 542. The van der Waals surface area contributed by atoms with Gasteiger partial charge in [0.25, 0.3) is 5.91 Å². The summed E-state index contributed by atoms with van der Waals surface area (Å²) in [4.78, 5) is 29.7. The molecule has 21 heavy (non-hydrogen) atoms. The van der Waals surface area contributed by atoms with E-state index in [9.17, 15) is 14.7 Å². The summed E-state index contributed by atoms with van der Waals surface area (Å²) in [7, 11) is 0. The maximum atomic E-state index is 12.4. The average molecular weight is 294 g/mol. The molecule has 116 valence electrons. The minimum Gasteiger partial charge on any atom is -0.481 e. The third kappa shape index (κ3) is 2.94. The smallest absolute Gasteiger partial charge is 0.309 e. The molecule has 0 aromatic carbocycles. The molecule has 0 radical (unpaired) electrons. The maximum Gasteiger partial charge on any atom is 0.309 e. The highest BCUT2D eigenvalue weighted by Crippen LogP contribution is 2.37. The van der Waals surface area contributed by atoms with Gasteiger partial charge in [0, 0.05) is 20.0 Å². The van der Waals surface area contributed by atoms with Gasteiger partial charge in [0.05, 0.1) is 11.1 Å². The number of hydrogen-bond acceptors (Lipinski definition) is 4. The lowest BCUT2D eigenvalue weighted by Gasteiger charge is -2.38. The normalized spacial score (nSPS) is 17.8. The molecule has 1 fully saturated rings. The SMILES string of the molecule is CCCC1(C(=O)O)CCN(C(=O)c2oc(C)nc2C)CC1. The van der Waals surface area contributed by atoms with E-state index in [1.165, 1.54) is 0 Å². The first-order chi connectivity index (χ1) is 9.89. The summed E-state index contributed by atoms with van der Waals surface area (Å²) in [5, 5.41) is 9.48. The van der Waals surface area contributed by atoms with Crippen molar-refractivity contribution >= 4 is 11.9 Å². The number of piperidine rings is 1. The second-order valence-corrected chi connectivity index (χ2v) is 5.78. The number of carbonyl (C=O) groups is 2. The molecule has 1 saturated heterocycles. The van der Waals surface area contributed by atoms with Gasteiger partial charge in [0.1, 0.15) is 0 Å². The second-order valence-electron chi connectivity index (χ2n) is 5.78. The zero-order valence-electron chi connectivity index (χ0n) is 12.8. The van der Waals surface area contributed by atoms with Gasteiger partial charge in [-0.3, -0.25) is 9.59 Å². The topological polar surface area (TPSA) is 83.6 Å².